The number of thiazole rings is 1. The Hall–Kier alpha value is -0.730. The van der Waals surface area contributed by atoms with E-state index in [0.717, 1.165) is 11.3 Å². The van der Waals surface area contributed by atoms with Crippen molar-refractivity contribution in [3.63, 3.8) is 0 Å². The summed E-state index contributed by atoms with van der Waals surface area (Å²) >= 11 is 18.4. The fraction of sp³-hybridized carbons (Fsp3) is 0.100. The van der Waals surface area contributed by atoms with Crippen LogP contribution in [0.5, 0.6) is 0 Å². The van der Waals surface area contributed by atoms with Gasteiger partial charge in [0.1, 0.15) is 0 Å². The summed E-state index contributed by atoms with van der Waals surface area (Å²) < 4.78 is 26.9. The van der Waals surface area contributed by atoms with Crippen LogP contribution >= 0.6 is 46.1 Å². The minimum absolute atomic E-state index is 0.0251. The van der Waals surface area contributed by atoms with E-state index in [1.165, 1.54) is 12.1 Å². The van der Waals surface area contributed by atoms with Gasteiger partial charge in [0.15, 0.2) is 9.34 Å². The van der Waals surface area contributed by atoms with Gasteiger partial charge in [0, 0.05) is 0 Å². The average Bonchev–Trinajstić information content (AvgIpc) is 2.66. The Morgan fingerprint density at radius 3 is 2.35 bits per heavy atom. The topological polar surface area (TPSA) is 85.1 Å². The van der Waals surface area contributed by atoms with Crippen LogP contribution in [0.15, 0.2) is 16.3 Å². The van der Waals surface area contributed by atoms with Crippen LogP contribution in [0.1, 0.15) is 5.69 Å². The third-order valence-corrected chi connectivity index (χ3v) is 6.27. The van der Waals surface area contributed by atoms with Gasteiger partial charge in [0.25, 0.3) is 10.0 Å². The third kappa shape index (κ3) is 3.12. The first kappa shape index (κ1) is 15.7. The van der Waals surface area contributed by atoms with Crippen molar-refractivity contribution in [1.82, 2.24) is 4.98 Å². The molecule has 10 heteroatoms. The number of benzene rings is 1. The molecule has 0 unspecified atom stereocenters. The summed E-state index contributed by atoms with van der Waals surface area (Å²) in [7, 11) is -3.84. The molecule has 0 aliphatic rings. The highest BCUT2D eigenvalue weighted by Crippen LogP contribution is 2.34. The third-order valence-electron chi connectivity index (χ3n) is 2.27. The first-order valence-electron chi connectivity index (χ1n) is 5.11. The van der Waals surface area contributed by atoms with E-state index in [1.54, 1.807) is 6.92 Å². The van der Waals surface area contributed by atoms with Gasteiger partial charge < -0.3 is 5.73 Å². The molecule has 0 atom stereocenters. The molecule has 0 amide bonds. The standard InChI is InChI=1S/C10H8Cl3N3O2S2/c1-4-9(19-10(14)15-4)20(17,18)16-8-3-6(12)5(11)2-7(8)13/h2-3,16H,1H3,(H2,14,15). The first-order chi connectivity index (χ1) is 9.20. The number of aryl methyl sites for hydroxylation is 1. The zero-order chi connectivity index (χ0) is 15.1. The summed E-state index contributed by atoms with van der Waals surface area (Å²) in [5.74, 6) is 0. The SMILES string of the molecule is Cc1nc(N)sc1S(=O)(=O)Nc1cc(Cl)c(Cl)cc1Cl. The number of aromatic nitrogens is 1. The van der Waals surface area contributed by atoms with Gasteiger partial charge in [-0.3, -0.25) is 4.72 Å². The maximum atomic E-state index is 12.3. The van der Waals surface area contributed by atoms with Crippen molar-refractivity contribution >= 4 is 67.0 Å². The number of nitrogens with two attached hydrogens (primary N) is 1. The van der Waals surface area contributed by atoms with Crippen LogP contribution in [-0.2, 0) is 10.0 Å². The number of hydrogen-bond acceptors (Lipinski definition) is 5. The fourth-order valence-corrected chi connectivity index (χ4v) is 4.47. The smallest absolute Gasteiger partial charge is 0.273 e. The van der Waals surface area contributed by atoms with Gasteiger partial charge in [0.2, 0.25) is 0 Å². The molecule has 1 heterocycles. The van der Waals surface area contributed by atoms with E-state index in [2.05, 4.69) is 9.71 Å². The number of rotatable bonds is 3. The van der Waals surface area contributed by atoms with Crippen LogP contribution < -0.4 is 10.5 Å². The highest BCUT2D eigenvalue weighted by Gasteiger charge is 2.22. The van der Waals surface area contributed by atoms with Gasteiger partial charge >= 0.3 is 0 Å². The van der Waals surface area contributed by atoms with Crippen molar-refractivity contribution < 1.29 is 8.42 Å². The lowest BCUT2D eigenvalue weighted by atomic mass is 10.3. The van der Waals surface area contributed by atoms with Gasteiger partial charge in [-0.15, -0.1) is 0 Å². The molecule has 2 aromatic rings. The lowest BCUT2D eigenvalue weighted by molar-refractivity contribution is 0.602. The molecule has 0 aliphatic carbocycles. The maximum Gasteiger partial charge on any atom is 0.273 e. The summed E-state index contributed by atoms with van der Waals surface area (Å²) in [6.07, 6.45) is 0. The minimum Gasteiger partial charge on any atom is -0.375 e. The molecule has 108 valence electrons. The summed E-state index contributed by atoms with van der Waals surface area (Å²) in [4.78, 5) is 3.87. The van der Waals surface area contributed by atoms with Gasteiger partial charge in [0.05, 0.1) is 26.4 Å². The first-order valence-corrected chi connectivity index (χ1v) is 8.54. The average molecular weight is 373 g/mol. The summed E-state index contributed by atoms with van der Waals surface area (Å²) in [5, 5.41) is 0.730. The Morgan fingerprint density at radius 1 is 1.20 bits per heavy atom. The predicted octanol–water partition coefficient (Wildman–Crippen LogP) is 3.79. The van der Waals surface area contributed by atoms with Crippen molar-refractivity contribution in [2.75, 3.05) is 10.5 Å². The largest absolute Gasteiger partial charge is 0.375 e. The van der Waals surface area contributed by atoms with Crippen molar-refractivity contribution in [1.29, 1.82) is 0 Å². The molecule has 0 spiro atoms. The molecule has 1 aromatic carbocycles. The van der Waals surface area contributed by atoms with Crippen LogP contribution in [0.3, 0.4) is 0 Å². The lowest BCUT2D eigenvalue weighted by Gasteiger charge is -2.09. The summed E-state index contributed by atoms with van der Waals surface area (Å²) in [6, 6.07) is 2.70. The Balaban J connectivity index is 2.43. The molecule has 1 aromatic heterocycles. The van der Waals surface area contributed by atoms with Crippen LogP contribution in [0, 0.1) is 6.92 Å². The normalized spacial score (nSPS) is 11.6. The Bertz CT molecular complexity index is 774. The number of nitrogens with one attached hydrogen (secondary N) is 1. The van der Waals surface area contributed by atoms with Gasteiger partial charge in [-0.2, -0.15) is 0 Å². The van der Waals surface area contributed by atoms with Crippen molar-refractivity contribution in [3.05, 3.63) is 32.9 Å². The summed E-state index contributed by atoms with van der Waals surface area (Å²) in [6.45, 7) is 1.55. The van der Waals surface area contributed by atoms with Crippen molar-refractivity contribution in [2.24, 2.45) is 0 Å². The number of nitrogens with zero attached hydrogens (tertiary/aromatic N) is 1. The van der Waals surface area contributed by atoms with E-state index in [-0.39, 0.29) is 30.1 Å². The number of hydrogen-bond donors (Lipinski definition) is 2. The quantitative estimate of drug-likeness (QED) is 0.803. The predicted molar refractivity (Wildman–Crippen MR) is 83.5 cm³/mol. The number of nitrogen functional groups attached to an aromatic ring is 1. The Labute approximate surface area is 134 Å². The van der Waals surface area contributed by atoms with E-state index in [9.17, 15) is 8.42 Å². The number of anilines is 2. The van der Waals surface area contributed by atoms with E-state index in [1.807, 2.05) is 0 Å². The van der Waals surface area contributed by atoms with Crippen LogP contribution in [0.25, 0.3) is 0 Å². The second kappa shape index (κ2) is 5.57. The lowest BCUT2D eigenvalue weighted by Crippen LogP contribution is -2.13. The molecule has 5 nitrogen and oxygen atoms in total. The zero-order valence-electron chi connectivity index (χ0n) is 9.95. The Kier molecular flexibility index (Phi) is 4.36. The molecule has 0 bridgehead atoms. The molecule has 0 fully saturated rings. The molecular weight excluding hydrogens is 365 g/mol. The van der Waals surface area contributed by atoms with E-state index in [4.69, 9.17) is 40.5 Å². The number of sulfonamides is 1. The Morgan fingerprint density at radius 2 is 1.80 bits per heavy atom. The summed E-state index contributed by atoms with van der Waals surface area (Å²) in [5.41, 5.74) is 5.94. The molecule has 20 heavy (non-hydrogen) atoms. The monoisotopic (exact) mass is 371 g/mol. The van der Waals surface area contributed by atoms with E-state index < -0.39 is 10.0 Å². The molecular formula is C10H8Cl3N3O2S2. The van der Waals surface area contributed by atoms with Gasteiger partial charge in [-0.05, 0) is 19.1 Å². The molecule has 0 saturated heterocycles. The fourth-order valence-electron chi connectivity index (χ4n) is 1.44. The molecule has 3 N–H and O–H groups in total. The van der Waals surface area contributed by atoms with E-state index in [0.29, 0.717) is 5.69 Å². The molecule has 0 aliphatic heterocycles. The van der Waals surface area contributed by atoms with Crippen LogP contribution in [0.2, 0.25) is 15.1 Å². The zero-order valence-corrected chi connectivity index (χ0v) is 13.8. The second-order valence-electron chi connectivity index (χ2n) is 3.78. The number of halogens is 3. The van der Waals surface area contributed by atoms with Crippen LogP contribution in [-0.4, -0.2) is 13.4 Å². The minimum atomic E-state index is -3.84. The second-order valence-corrected chi connectivity index (χ2v) is 7.91. The molecule has 0 radical (unpaired) electrons. The van der Waals surface area contributed by atoms with Crippen molar-refractivity contribution in [3.8, 4) is 0 Å². The highest BCUT2D eigenvalue weighted by molar-refractivity contribution is 7.94. The van der Waals surface area contributed by atoms with Crippen molar-refractivity contribution in [2.45, 2.75) is 11.1 Å². The van der Waals surface area contributed by atoms with Gasteiger partial charge in [-0.1, -0.05) is 46.1 Å². The van der Waals surface area contributed by atoms with Crippen LogP contribution in [0.4, 0.5) is 10.8 Å². The van der Waals surface area contributed by atoms with E-state index >= 15 is 0 Å². The van der Waals surface area contributed by atoms with Gasteiger partial charge in [-0.25, -0.2) is 13.4 Å². The molecule has 2 rings (SSSR count). The molecule has 0 saturated carbocycles. The highest BCUT2D eigenvalue weighted by atomic mass is 35.5. The maximum absolute atomic E-state index is 12.3.